The molecule has 7 heteroatoms. The number of carbonyl (C=O) groups excluding carboxylic acids is 1. The first-order chi connectivity index (χ1) is 11.0. The normalized spacial score (nSPS) is 19.6. The maximum Gasteiger partial charge on any atom is 0.491 e. The van der Waals surface area contributed by atoms with E-state index in [1.807, 2.05) is 46.8 Å². The molecule has 0 unspecified atom stereocenters. The van der Waals surface area contributed by atoms with Gasteiger partial charge in [-0.25, -0.2) is 4.98 Å². The number of aromatic nitrogens is 1. The van der Waals surface area contributed by atoms with Crippen molar-refractivity contribution in [2.24, 2.45) is 0 Å². The lowest BCUT2D eigenvalue weighted by Gasteiger charge is -2.32. The first-order valence-electron chi connectivity index (χ1n) is 7.94. The zero-order valence-corrected chi connectivity index (χ0v) is 16.0. The fraction of sp³-hybridized carbons (Fsp3) is 0.529. The summed E-state index contributed by atoms with van der Waals surface area (Å²) in [4.78, 5) is 15.7. The third kappa shape index (κ3) is 4.20. The molecule has 1 saturated heterocycles. The molecular weight excluding hydrogens is 323 g/mol. The molecule has 1 aromatic rings. The van der Waals surface area contributed by atoms with Gasteiger partial charge in [0.25, 0.3) is 0 Å². The topological polar surface area (TPSA) is 74.4 Å². The molecule has 130 valence electrons. The minimum Gasteiger partial charge on any atom is -0.400 e. The van der Waals surface area contributed by atoms with Gasteiger partial charge in [0.2, 0.25) is 0 Å². The summed E-state index contributed by atoms with van der Waals surface area (Å²) >= 11 is 1.24. The number of thioether (sulfide) groups is 1. The number of carbonyl (C=O) groups is 1. The maximum atomic E-state index is 11.4. The molecule has 1 aliphatic heterocycles. The Morgan fingerprint density at radius 3 is 2.38 bits per heavy atom. The van der Waals surface area contributed by atoms with E-state index in [1.54, 1.807) is 13.0 Å². The number of pyridine rings is 1. The van der Waals surface area contributed by atoms with Gasteiger partial charge in [-0.15, -0.1) is 0 Å². The van der Waals surface area contributed by atoms with E-state index in [1.165, 1.54) is 11.8 Å². The van der Waals surface area contributed by atoms with E-state index < -0.39 is 18.3 Å². The fourth-order valence-corrected chi connectivity index (χ4v) is 2.89. The zero-order valence-electron chi connectivity index (χ0n) is 15.2. The summed E-state index contributed by atoms with van der Waals surface area (Å²) in [5, 5.41) is 0.0598. The molecule has 0 amide bonds. The lowest BCUT2D eigenvalue weighted by molar-refractivity contribution is -0.109. The van der Waals surface area contributed by atoms with Crippen LogP contribution in [0, 0.1) is 6.92 Å². The highest BCUT2D eigenvalue weighted by Crippen LogP contribution is 2.39. The van der Waals surface area contributed by atoms with Crippen molar-refractivity contribution in [2.75, 3.05) is 11.5 Å². The van der Waals surface area contributed by atoms with Gasteiger partial charge in [0.05, 0.1) is 11.2 Å². The van der Waals surface area contributed by atoms with Gasteiger partial charge < -0.3 is 15.0 Å². The lowest BCUT2D eigenvalue weighted by Crippen LogP contribution is -2.41. The van der Waals surface area contributed by atoms with Crippen LogP contribution in [0.15, 0.2) is 17.6 Å². The van der Waals surface area contributed by atoms with E-state index >= 15 is 0 Å². The van der Waals surface area contributed by atoms with Gasteiger partial charge in [-0.05, 0) is 57.8 Å². The second-order valence-electron chi connectivity index (χ2n) is 7.00. The monoisotopic (exact) mass is 348 g/mol. The quantitative estimate of drug-likeness (QED) is 0.842. The molecule has 1 aromatic heterocycles. The summed E-state index contributed by atoms with van der Waals surface area (Å²) in [6.45, 7) is 11.5. The Labute approximate surface area is 148 Å². The Morgan fingerprint density at radius 2 is 1.88 bits per heavy atom. The highest BCUT2D eigenvalue weighted by atomic mass is 32.2. The molecule has 1 aliphatic rings. The summed E-state index contributed by atoms with van der Waals surface area (Å²) in [6, 6.07) is 3.68. The minimum absolute atomic E-state index is 0.0598. The van der Waals surface area contributed by atoms with E-state index in [-0.39, 0.29) is 5.12 Å². The van der Waals surface area contributed by atoms with Crippen molar-refractivity contribution < 1.29 is 14.1 Å². The van der Waals surface area contributed by atoms with Gasteiger partial charge >= 0.3 is 7.12 Å². The van der Waals surface area contributed by atoms with Gasteiger partial charge in [0.1, 0.15) is 5.82 Å². The van der Waals surface area contributed by atoms with Crippen LogP contribution in [0.3, 0.4) is 0 Å². The first kappa shape index (κ1) is 19.0. The highest BCUT2D eigenvalue weighted by Gasteiger charge is 2.52. The first-order valence-corrected chi connectivity index (χ1v) is 8.93. The van der Waals surface area contributed by atoms with Crippen LogP contribution in [0.1, 0.15) is 45.9 Å². The Balaban J connectivity index is 2.35. The van der Waals surface area contributed by atoms with Crippen molar-refractivity contribution in [1.82, 2.24) is 4.98 Å². The van der Waals surface area contributed by atoms with Crippen molar-refractivity contribution in [3.8, 4) is 0 Å². The smallest absolute Gasteiger partial charge is 0.400 e. The Bertz CT molecular complexity index is 658. The third-order valence-corrected chi connectivity index (χ3v) is 5.37. The Hall–Kier alpha value is -1.31. The summed E-state index contributed by atoms with van der Waals surface area (Å²) < 4.78 is 12.3. The lowest BCUT2D eigenvalue weighted by atomic mass is 9.78. The van der Waals surface area contributed by atoms with Crippen LogP contribution in [-0.4, -0.2) is 34.2 Å². The van der Waals surface area contributed by atoms with E-state index in [0.29, 0.717) is 11.6 Å². The van der Waals surface area contributed by atoms with Crippen LogP contribution < -0.4 is 5.73 Å². The predicted octanol–water partition coefficient (Wildman–Crippen LogP) is 3.27. The van der Waals surface area contributed by atoms with Crippen molar-refractivity contribution in [3.05, 3.63) is 28.9 Å². The van der Waals surface area contributed by atoms with E-state index in [4.69, 9.17) is 15.0 Å². The summed E-state index contributed by atoms with van der Waals surface area (Å²) in [6.07, 6.45) is 1.99. The van der Waals surface area contributed by atoms with E-state index in [2.05, 4.69) is 4.98 Å². The molecule has 2 rings (SSSR count). The van der Waals surface area contributed by atoms with Crippen LogP contribution in [-0.2, 0) is 14.1 Å². The van der Waals surface area contributed by atoms with Crippen molar-refractivity contribution in [2.45, 2.75) is 52.7 Å². The third-order valence-electron chi connectivity index (χ3n) is 4.49. The summed E-state index contributed by atoms with van der Waals surface area (Å²) in [5.41, 5.74) is 7.55. The molecule has 0 saturated carbocycles. The molecule has 0 spiro atoms. The van der Waals surface area contributed by atoms with Gasteiger partial charge in [-0.1, -0.05) is 17.8 Å². The average Bonchev–Trinajstić information content (AvgIpc) is 2.65. The Morgan fingerprint density at radius 1 is 1.29 bits per heavy atom. The molecule has 0 aromatic carbocycles. The highest BCUT2D eigenvalue weighted by molar-refractivity contribution is 8.13. The largest absolute Gasteiger partial charge is 0.491 e. The molecule has 1 fully saturated rings. The number of aryl methyl sites for hydroxylation is 1. The molecule has 5 nitrogen and oxygen atoms in total. The maximum absolute atomic E-state index is 11.4. The number of hydrogen-bond acceptors (Lipinski definition) is 6. The second-order valence-corrected chi connectivity index (χ2v) is 8.15. The molecule has 0 radical (unpaired) electrons. The van der Waals surface area contributed by atoms with Gasteiger partial charge in [0.15, 0.2) is 5.12 Å². The average molecular weight is 348 g/mol. The molecule has 0 bridgehead atoms. The number of hydrogen-bond donors (Lipinski definition) is 1. The molecule has 2 heterocycles. The van der Waals surface area contributed by atoms with Gasteiger partial charge in [0, 0.05) is 18.4 Å². The van der Waals surface area contributed by atoms with Crippen molar-refractivity contribution in [3.63, 3.8) is 0 Å². The van der Waals surface area contributed by atoms with Crippen LogP contribution in [0.5, 0.6) is 0 Å². The van der Waals surface area contributed by atoms with Gasteiger partial charge in [-0.2, -0.15) is 0 Å². The molecule has 2 N–H and O–H groups in total. The molecule has 0 atom stereocenters. The summed E-state index contributed by atoms with van der Waals surface area (Å²) in [7, 11) is -0.487. The predicted molar refractivity (Wildman–Crippen MR) is 101 cm³/mol. The van der Waals surface area contributed by atoms with Crippen molar-refractivity contribution in [1.29, 1.82) is 0 Å². The molecule has 24 heavy (non-hydrogen) atoms. The number of nitrogens with two attached hydrogens (primary N) is 1. The van der Waals surface area contributed by atoms with E-state index in [9.17, 15) is 4.79 Å². The Kier molecular flexibility index (Phi) is 5.47. The van der Waals surface area contributed by atoms with Gasteiger partial charge in [-0.3, -0.25) is 4.79 Å². The van der Waals surface area contributed by atoms with Crippen LogP contribution in [0.25, 0.3) is 6.08 Å². The fourth-order valence-electron chi connectivity index (χ4n) is 2.30. The number of rotatable bonds is 4. The molecular formula is C17H25BN2O3S. The standard InChI is InChI=1S/C17H25BN2O3S/c1-11-13(7-8-15(19)20-11)9-14(10-24-12(2)21)18-22-16(3,4)17(5,6)23-18/h7-9H,10H2,1-6H3,(H2,19,20). The number of nitrogens with zero attached hydrogens (tertiary/aromatic N) is 1. The van der Waals surface area contributed by atoms with E-state index in [0.717, 1.165) is 16.7 Å². The SMILES string of the molecule is CC(=O)SCC(=Cc1ccc(N)nc1C)B1OC(C)(C)C(C)(C)O1. The van der Waals surface area contributed by atoms with Crippen molar-refractivity contribution >= 4 is 35.9 Å². The van der Waals surface area contributed by atoms with Crippen LogP contribution >= 0.6 is 11.8 Å². The number of anilines is 1. The minimum atomic E-state index is -0.487. The van der Waals surface area contributed by atoms with Crippen LogP contribution in [0.2, 0.25) is 0 Å². The second kappa shape index (κ2) is 6.90. The zero-order chi connectivity index (χ0) is 18.1. The summed E-state index contributed by atoms with van der Waals surface area (Å²) in [5.74, 6) is 0.996. The van der Waals surface area contributed by atoms with Crippen LogP contribution in [0.4, 0.5) is 5.82 Å². The number of nitrogen functional groups attached to an aromatic ring is 1. The molecule has 0 aliphatic carbocycles.